The van der Waals surface area contributed by atoms with Crippen molar-refractivity contribution in [3.63, 3.8) is 0 Å². The number of likely N-dealkylation sites (tertiary alicyclic amines) is 2. The molecule has 2 aliphatic heterocycles. The fraction of sp³-hybridized carbons (Fsp3) is 0.444. The normalized spacial score (nSPS) is 19.3. The summed E-state index contributed by atoms with van der Waals surface area (Å²) in [5, 5.41) is 8.70. The highest BCUT2D eigenvalue weighted by Crippen LogP contribution is 2.22. The Morgan fingerprint density at radius 3 is 1.91 bits per heavy atom. The first-order valence-corrected chi connectivity index (χ1v) is 11.8. The van der Waals surface area contributed by atoms with Gasteiger partial charge in [0.25, 0.3) is 0 Å². The number of esters is 1. The Balaban J connectivity index is 0.000000214. The van der Waals surface area contributed by atoms with E-state index in [1.807, 2.05) is 48.5 Å². The minimum Gasteiger partial charge on any atom is -0.480 e. The third-order valence-corrected chi connectivity index (χ3v) is 5.79. The van der Waals surface area contributed by atoms with Gasteiger partial charge in [-0.05, 0) is 44.7 Å². The number of carbonyl (C=O) groups excluding carboxylic acids is 2. The molecule has 2 fully saturated rings. The van der Waals surface area contributed by atoms with Crippen LogP contribution in [0, 0.1) is 0 Å². The van der Waals surface area contributed by atoms with Crippen LogP contribution in [0.1, 0.15) is 44.7 Å². The molecule has 0 spiro atoms. The lowest BCUT2D eigenvalue weighted by Gasteiger charge is -2.39. The van der Waals surface area contributed by atoms with Crippen LogP contribution in [-0.2, 0) is 32.2 Å². The zero-order chi connectivity index (χ0) is 25.4. The third kappa shape index (κ3) is 7.82. The van der Waals surface area contributed by atoms with Crippen LogP contribution in [0.25, 0.3) is 0 Å². The fourth-order valence-electron chi connectivity index (χ4n) is 3.72. The monoisotopic (exact) mass is 482 g/mol. The second kappa shape index (κ2) is 11.8. The zero-order valence-electron chi connectivity index (χ0n) is 20.6. The molecule has 188 valence electrons. The summed E-state index contributed by atoms with van der Waals surface area (Å²) < 4.78 is 10.5. The summed E-state index contributed by atoms with van der Waals surface area (Å²) in [5.74, 6) is -1.08. The van der Waals surface area contributed by atoms with E-state index in [0.29, 0.717) is 19.6 Å². The van der Waals surface area contributed by atoms with Crippen molar-refractivity contribution in [1.82, 2.24) is 9.80 Å². The molecule has 1 N–H and O–H groups in total. The fourth-order valence-corrected chi connectivity index (χ4v) is 3.72. The van der Waals surface area contributed by atoms with E-state index in [1.165, 1.54) is 10.5 Å². The molecule has 1 amide bonds. The minimum absolute atomic E-state index is 0.0890. The number of carbonyl (C=O) groups is 3. The van der Waals surface area contributed by atoms with Gasteiger partial charge in [-0.2, -0.15) is 0 Å². The number of carboxylic acid groups (broad SMARTS) is 1. The summed E-state index contributed by atoms with van der Waals surface area (Å²) in [7, 11) is 0. The average Bonchev–Trinajstić information content (AvgIpc) is 2.75. The number of carboxylic acids is 1. The molecule has 8 heteroatoms. The second-order valence-electron chi connectivity index (χ2n) is 9.67. The molecule has 2 aromatic rings. The Morgan fingerprint density at radius 1 is 0.886 bits per heavy atom. The SMILES string of the molecule is CC(C)(C)OC(=O)N1CCC1C(=O)O.O=C(OCc1ccccc1)C1CCN1Cc1ccccc1. The largest absolute Gasteiger partial charge is 0.480 e. The van der Waals surface area contributed by atoms with Crippen LogP contribution >= 0.6 is 0 Å². The highest BCUT2D eigenvalue weighted by molar-refractivity contribution is 5.82. The Kier molecular flexibility index (Phi) is 8.87. The Labute approximate surface area is 206 Å². The van der Waals surface area contributed by atoms with Gasteiger partial charge in [0.2, 0.25) is 0 Å². The summed E-state index contributed by atoms with van der Waals surface area (Å²) in [6.07, 6.45) is 0.853. The summed E-state index contributed by atoms with van der Waals surface area (Å²) in [5.41, 5.74) is 1.69. The van der Waals surface area contributed by atoms with E-state index >= 15 is 0 Å². The van der Waals surface area contributed by atoms with Gasteiger partial charge in [-0.25, -0.2) is 9.59 Å². The van der Waals surface area contributed by atoms with Gasteiger partial charge in [0.05, 0.1) is 0 Å². The molecule has 2 heterocycles. The van der Waals surface area contributed by atoms with Crippen LogP contribution in [0.3, 0.4) is 0 Å². The molecular weight excluding hydrogens is 448 g/mol. The Hall–Kier alpha value is -3.39. The Morgan fingerprint density at radius 2 is 1.46 bits per heavy atom. The molecular formula is C27H34N2O6. The number of ether oxygens (including phenoxy) is 2. The summed E-state index contributed by atoms with van der Waals surface area (Å²) in [4.78, 5) is 37.5. The summed E-state index contributed by atoms with van der Waals surface area (Å²) >= 11 is 0. The number of aliphatic carboxylic acids is 1. The van der Waals surface area contributed by atoms with E-state index in [0.717, 1.165) is 25.1 Å². The van der Waals surface area contributed by atoms with Crippen molar-refractivity contribution in [2.45, 2.75) is 64.4 Å². The molecule has 8 nitrogen and oxygen atoms in total. The summed E-state index contributed by atoms with van der Waals surface area (Å²) in [6, 6.07) is 19.2. The average molecular weight is 483 g/mol. The van der Waals surface area contributed by atoms with E-state index < -0.39 is 23.7 Å². The van der Waals surface area contributed by atoms with Crippen LogP contribution < -0.4 is 0 Å². The topological polar surface area (TPSA) is 96.4 Å². The maximum Gasteiger partial charge on any atom is 0.411 e. The van der Waals surface area contributed by atoms with Gasteiger partial charge in [0.15, 0.2) is 0 Å². The van der Waals surface area contributed by atoms with Crippen LogP contribution in [0.5, 0.6) is 0 Å². The number of hydrogen-bond acceptors (Lipinski definition) is 6. The van der Waals surface area contributed by atoms with Gasteiger partial charge in [-0.15, -0.1) is 0 Å². The van der Waals surface area contributed by atoms with Crippen molar-refractivity contribution < 1.29 is 29.0 Å². The van der Waals surface area contributed by atoms with Gasteiger partial charge in [0.1, 0.15) is 24.3 Å². The van der Waals surface area contributed by atoms with E-state index in [9.17, 15) is 14.4 Å². The number of amides is 1. The van der Waals surface area contributed by atoms with Gasteiger partial charge in [-0.3, -0.25) is 14.6 Å². The number of nitrogens with zero attached hydrogens (tertiary/aromatic N) is 2. The molecule has 35 heavy (non-hydrogen) atoms. The number of benzene rings is 2. The highest BCUT2D eigenvalue weighted by Gasteiger charge is 2.39. The smallest absolute Gasteiger partial charge is 0.411 e. The van der Waals surface area contributed by atoms with Crippen LogP contribution in [-0.4, -0.2) is 63.7 Å². The maximum atomic E-state index is 12.1. The van der Waals surface area contributed by atoms with E-state index in [4.69, 9.17) is 14.6 Å². The van der Waals surface area contributed by atoms with E-state index in [-0.39, 0.29) is 12.0 Å². The first-order valence-electron chi connectivity index (χ1n) is 11.8. The lowest BCUT2D eigenvalue weighted by molar-refractivity contribution is -0.156. The van der Waals surface area contributed by atoms with E-state index in [2.05, 4.69) is 17.0 Å². The highest BCUT2D eigenvalue weighted by atomic mass is 16.6. The zero-order valence-corrected chi connectivity index (χ0v) is 20.6. The lowest BCUT2D eigenvalue weighted by Crippen LogP contribution is -2.56. The van der Waals surface area contributed by atoms with Gasteiger partial charge in [-0.1, -0.05) is 60.7 Å². The van der Waals surface area contributed by atoms with Crippen LogP contribution in [0.2, 0.25) is 0 Å². The first-order chi connectivity index (χ1) is 16.6. The molecule has 2 saturated heterocycles. The van der Waals surface area contributed by atoms with Gasteiger partial charge >= 0.3 is 18.0 Å². The maximum absolute atomic E-state index is 12.1. The molecule has 2 aromatic carbocycles. The van der Waals surface area contributed by atoms with Gasteiger partial charge in [0, 0.05) is 19.6 Å². The van der Waals surface area contributed by atoms with Crippen molar-refractivity contribution in [3.05, 3.63) is 71.8 Å². The predicted octanol–water partition coefficient (Wildman–Crippen LogP) is 4.08. The molecule has 0 aliphatic carbocycles. The Bertz CT molecular complexity index is 990. The van der Waals surface area contributed by atoms with Crippen LogP contribution in [0.15, 0.2) is 60.7 Å². The minimum atomic E-state index is -0.970. The molecule has 2 unspecified atom stereocenters. The second-order valence-corrected chi connectivity index (χ2v) is 9.67. The van der Waals surface area contributed by atoms with Gasteiger partial charge < -0.3 is 14.6 Å². The van der Waals surface area contributed by atoms with Crippen molar-refractivity contribution >= 4 is 18.0 Å². The third-order valence-electron chi connectivity index (χ3n) is 5.79. The molecule has 0 radical (unpaired) electrons. The molecule has 0 saturated carbocycles. The number of rotatable bonds is 6. The van der Waals surface area contributed by atoms with Crippen molar-refractivity contribution in [3.8, 4) is 0 Å². The van der Waals surface area contributed by atoms with Crippen LogP contribution in [0.4, 0.5) is 4.79 Å². The molecule has 0 aromatic heterocycles. The molecule has 4 rings (SSSR count). The number of hydrogen-bond donors (Lipinski definition) is 1. The molecule has 0 bridgehead atoms. The molecule has 2 aliphatic rings. The van der Waals surface area contributed by atoms with Crippen molar-refractivity contribution in [2.24, 2.45) is 0 Å². The molecule has 2 atom stereocenters. The summed E-state index contributed by atoms with van der Waals surface area (Å²) in [6.45, 7) is 7.84. The van der Waals surface area contributed by atoms with Crippen molar-refractivity contribution in [2.75, 3.05) is 13.1 Å². The van der Waals surface area contributed by atoms with E-state index in [1.54, 1.807) is 20.8 Å². The first kappa shape index (κ1) is 26.2. The predicted molar refractivity (Wildman–Crippen MR) is 130 cm³/mol. The standard InChI is InChI=1S/C18H19NO2.C9H15NO4/c20-18(21-14-16-9-5-2-6-10-16)17-11-12-19(17)13-15-7-3-1-4-8-15;1-9(2,3)14-8(13)10-5-4-6(10)7(11)12/h1-10,17H,11-14H2;6H,4-5H2,1-3H3,(H,11,12). The van der Waals surface area contributed by atoms with Crippen molar-refractivity contribution in [1.29, 1.82) is 0 Å². The quantitative estimate of drug-likeness (QED) is 0.620. The lowest BCUT2D eigenvalue weighted by atomic mass is 10.0.